The first-order chi connectivity index (χ1) is 27.7. The van der Waals surface area contributed by atoms with E-state index in [0.717, 1.165) is 56.1 Å². The summed E-state index contributed by atoms with van der Waals surface area (Å²) < 4.78 is 8.64. The molecule has 10 aromatic rings. The molecule has 264 valence electrons. The summed E-state index contributed by atoms with van der Waals surface area (Å²) in [5.41, 5.74) is 10.8. The third-order valence-corrected chi connectivity index (χ3v) is 10.1. The molecular weight excluding hydrogens is 685 g/mol. The van der Waals surface area contributed by atoms with Crippen LogP contribution in [0.2, 0.25) is 0 Å². The summed E-state index contributed by atoms with van der Waals surface area (Å²) >= 11 is 0. The van der Waals surface area contributed by atoms with Crippen LogP contribution in [0.25, 0.3) is 83.9 Å². The molecule has 0 aliphatic carbocycles. The molecule has 0 fully saturated rings. The Morgan fingerprint density at radius 2 is 0.696 bits per heavy atom. The van der Waals surface area contributed by atoms with Gasteiger partial charge in [0.05, 0.1) is 11.0 Å². The summed E-state index contributed by atoms with van der Waals surface area (Å²) in [6.07, 6.45) is 0. The molecule has 8 aromatic carbocycles. The standard InChI is InChI=1S/C51H34N4O/c1-4-12-38(13-5-1)49-52-50(39-14-6-2-7-15-39)54-51(53-49)40-22-20-35(21-23-40)36-24-29-43(30-25-36)56-44-31-26-37(27-32-44)41-28-33-46-45-18-10-11-19-47(45)55(48(46)34-41)42-16-8-3-9-17-42/h1-34H. The molecule has 5 heteroatoms. The fraction of sp³-hybridized carbons (Fsp3) is 0. The minimum atomic E-state index is 0.634. The molecule has 0 saturated carbocycles. The van der Waals surface area contributed by atoms with Gasteiger partial charge in [-0.2, -0.15) is 0 Å². The van der Waals surface area contributed by atoms with E-state index in [1.807, 2.05) is 84.9 Å². The molecule has 0 bridgehead atoms. The van der Waals surface area contributed by atoms with Gasteiger partial charge in [0, 0.05) is 33.2 Å². The summed E-state index contributed by atoms with van der Waals surface area (Å²) in [6.45, 7) is 0. The highest BCUT2D eigenvalue weighted by Crippen LogP contribution is 2.36. The van der Waals surface area contributed by atoms with Gasteiger partial charge in [0.15, 0.2) is 17.5 Å². The summed E-state index contributed by atoms with van der Waals surface area (Å²) in [4.78, 5) is 14.6. The van der Waals surface area contributed by atoms with Crippen LogP contribution in [-0.2, 0) is 0 Å². The number of hydrogen-bond donors (Lipinski definition) is 0. The maximum atomic E-state index is 6.29. The predicted octanol–water partition coefficient (Wildman–Crippen LogP) is 13.1. The van der Waals surface area contributed by atoms with E-state index < -0.39 is 0 Å². The predicted molar refractivity (Wildman–Crippen MR) is 228 cm³/mol. The van der Waals surface area contributed by atoms with Gasteiger partial charge in [-0.05, 0) is 70.8 Å². The lowest BCUT2D eigenvalue weighted by Crippen LogP contribution is -2.00. The Labute approximate surface area is 324 Å². The SMILES string of the molecule is c1ccc(-c2nc(-c3ccccc3)nc(-c3ccc(-c4ccc(Oc5ccc(-c6ccc7c8ccccc8n(-c8ccccc8)c7c6)cc5)cc4)cc3)n2)cc1. The second-order valence-electron chi connectivity index (χ2n) is 13.7. The Morgan fingerprint density at radius 1 is 0.304 bits per heavy atom. The largest absolute Gasteiger partial charge is 0.457 e. The Hall–Kier alpha value is -7.63. The number of nitrogens with zero attached hydrogens (tertiary/aromatic N) is 4. The van der Waals surface area contributed by atoms with Crippen molar-refractivity contribution in [2.75, 3.05) is 0 Å². The Balaban J connectivity index is 0.871. The van der Waals surface area contributed by atoms with E-state index in [1.54, 1.807) is 0 Å². The molecule has 0 saturated heterocycles. The van der Waals surface area contributed by atoms with Crippen LogP contribution in [0.4, 0.5) is 0 Å². The molecule has 0 aliphatic rings. The summed E-state index contributed by atoms with van der Waals surface area (Å²) in [5.74, 6) is 3.49. The van der Waals surface area contributed by atoms with Crippen molar-refractivity contribution in [2.24, 2.45) is 0 Å². The van der Waals surface area contributed by atoms with Gasteiger partial charge in [-0.1, -0.05) is 158 Å². The maximum Gasteiger partial charge on any atom is 0.164 e. The van der Waals surface area contributed by atoms with Crippen LogP contribution in [0.3, 0.4) is 0 Å². The van der Waals surface area contributed by atoms with Crippen LogP contribution >= 0.6 is 0 Å². The van der Waals surface area contributed by atoms with Crippen molar-refractivity contribution in [1.29, 1.82) is 0 Å². The van der Waals surface area contributed by atoms with Crippen molar-refractivity contribution in [2.45, 2.75) is 0 Å². The van der Waals surface area contributed by atoms with Crippen LogP contribution in [0.1, 0.15) is 0 Å². The van der Waals surface area contributed by atoms with Gasteiger partial charge in [-0.3, -0.25) is 0 Å². The first kappa shape index (κ1) is 33.0. The zero-order valence-corrected chi connectivity index (χ0v) is 30.3. The average Bonchev–Trinajstić information content (AvgIpc) is 3.61. The maximum absolute atomic E-state index is 6.29. The van der Waals surface area contributed by atoms with E-state index in [9.17, 15) is 0 Å². The Morgan fingerprint density at radius 3 is 1.25 bits per heavy atom. The van der Waals surface area contributed by atoms with Gasteiger partial charge in [0.2, 0.25) is 0 Å². The molecule has 0 spiro atoms. The van der Waals surface area contributed by atoms with E-state index in [0.29, 0.717) is 17.5 Å². The molecule has 56 heavy (non-hydrogen) atoms. The molecule has 0 aliphatic heterocycles. The number of para-hydroxylation sites is 2. The zero-order valence-electron chi connectivity index (χ0n) is 30.3. The molecule has 0 unspecified atom stereocenters. The van der Waals surface area contributed by atoms with Crippen molar-refractivity contribution >= 4 is 21.8 Å². The van der Waals surface area contributed by atoms with Gasteiger partial charge < -0.3 is 9.30 Å². The first-order valence-electron chi connectivity index (χ1n) is 18.7. The number of rotatable bonds is 8. The number of fused-ring (bicyclic) bond motifs is 3. The second kappa shape index (κ2) is 14.3. The number of benzene rings is 8. The minimum absolute atomic E-state index is 0.634. The highest BCUT2D eigenvalue weighted by Gasteiger charge is 2.14. The lowest BCUT2D eigenvalue weighted by atomic mass is 10.0. The van der Waals surface area contributed by atoms with Crippen molar-refractivity contribution in [3.8, 4) is 73.6 Å². The number of ether oxygens (including phenoxy) is 1. The Kier molecular flexibility index (Phi) is 8.43. The first-order valence-corrected chi connectivity index (χ1v) is 18.7. The third kappa shape index (κ3) is 6.37. The van der Waals surface area contributed by atoms with Gasteiger partial charge in [-0.15, -0.1) is 0 Å². The topological polar surface area (TPSA) is 52.8 Å². The van der Waals surface area contributed by atoms with Crippen LogP contribution < -0.4 is 4.74 Å². The van der Waals surface area contributed by atoms with Gasteiger partial charge in [0.1, 0.15) is 11.5 Å². The molecular formula is C51H34N4O. The molecule has 2 heterocycles. The average molecular weight is 719 g/mol. The van der Waals surface area contributed by atoms with E-state index >= 15 is 0 Å². The fourth-order valence-corrected chi connectivity index (χ4v) is 7.32. The van der Waals surface area contributed by atoms with Gasteiger partial charge in [-0.25, -0.2) is 15.0 Å². The lowest BCUT2D eigenvalue weighted by molar-refractivity contribution is 0.483. The molecule has 0 N–H and O–H groups in total. The van der Waals surface area contributed by atoms with Crippen molar-refractivity contribution < 1.29 is 4.74 Å². The summed E-state index contributed by atoms with van der Waals surface area (Å²) in [5, 5.41) is 2.49. The summed E-state index contributed by atoms with van der Waals surface area (Å²) in [7, 11) is 0. The normalized spacial score (nSPS) is 11.2. The monoisotopic (exact) mass is 718 g/mol. The minimum Gasteiger partial charge on any atom is -0.457 e. The van der Waals surface area contributed by atoms with Crippen LogP contribution in [0.5, 0.6) is 11.5 Å². The van der Waals surface area contributed by atoms with Crippen molar-refractivity contribution in [3.63, 3.8) is 0 Å². The molecule has 0 radical (unpaired) electrons. The quantitative estimate of drug-likeness (QED) is 0.157. The van der Waals surface area contributed by atoms with Crippen molar-refractivity contribution in [1.82, 2.24) is 19.5 Å². The van der Waals surface area contributed by atoms with Gasteiger partial charge in [0.25, 0.3) is 0 Å². The molecule has 10 rings (SSSR count). The van der Waals surface area contributed by atoms with E-state index in [1.165, 1.54) is 21.8 Å². The fourth-order valence-electron chi connectivity index (χ4n) is 7.32. The van der Waals surface area contributed by atoms with E-state index in [4.69, 9.17) is 19.7 Å². The lowest BCUT2D eigenvalue weighted by Gasteiger charge is -2.10. The zero-order chi connectivity index (χ0) is 37.3. The van der Waals surface area contributed by atoms with Crippen LogP contribution in [0.15, 0.2) is 206 Å². The van der Waals surface area contributed by atoms with Crippen LogP contribution in [-0.4, -0.2) is 19.5 Å². The highest BCUT2D eigenvalue weighted by atomic mass is 16.5. The number of aromatic nitrogens is 4. The van der Waals surface area contributed by atoms with E-state index in [-0.39, 0.29) is 0 Å². The van der Waals surface area contributed by atoms with E-state index in [2.05, 4.69) is 126 Å². The van der Waals surface area contributed by atoms with Crippen molar-refractivity contribution in [3.05, 3.63) is 206 Å². The van der Waals surface area contributed by atoms with Gasteiger partial charge >= 0.3 is 0 Å². The number of hydrogen-bond acceptors (Lipinski definition) is 4. The smallest absolute Gasteiger partial charge is 0.164 e. The summed E-state index contributed by atoms with van der Waals surface area (Å²) in [6, 6.07) is 70.8. The third-order valence-electron chi connectivity index (χ3n) is 10.1. The molecule has 0 amide bonds. The highest BCUT2D eigenvalue weighted by molar-refractivity contribution is 6.10. The Bertz CT molecular complexity index is 2880. The van der Waals surface area contributed by atoms with Crippen LogP contribution in [0, 0.1) is 0 Å². The second-order valence-corrected chi connectivity index (χ2v) is 13.7. The molecule has 0 atom stereocenters. The molecule has 5 nitrogen and oxygen atoms in total. The molecule has 2 aromatic heterocycles.